The number of likely N-dealkylation sites (N-methyl/N-ethyl adjacent to an activating group) is 1. The molecule has 4 heteroatoms. The fourth-order valence-electron chi connectivity index (χ4n) is 3.48. The van der Waals surface area contributed by atoms with Crippen molar-refractivity contribution in [3.8, 4) is 0 Å². The minimum Gasteiger partial charge on any atom is -0.383 e. The second-order valence-corrected chi connectivity index (χ2v) is 6.90. The molecule has 0 aromatic heterocycles. The Hall–Kier alpha value is -0.160. The van der Waals surface area contributed by atoms with Gasteiger partial charge in [0.15, 0.2) is 0 Å². The van der Waals surface area contributed by atoms with Gasteiger partial charge in [0.2, 0.25) is 0 Å². The Bertz CT molecular complexity index is 271. The topological polar surface area (TPSA) is 33.7 Å². The van der Waals surface area contributed by atoms with E-state index in [-0.39, 0.29) is 0 Å². The van der Waals surface area contributed by atoms with Crippen LogP contribution in [-0.2, 0) is 9.47 Å². The summed E-state index contributed by atoms with van der Waals surface area (Å²) in [4.78, 5) is 2.58. The van der Waals surface area contributed by atoms with Crippen LogP contribution in [0.25, 0.3) is 0 Å². The van der Waals surface area contributed by atoms with Crippen LogP contribution in [0.15, 0.2) is 0 Å². The number of ether oxygens (including phenoxy) is 2. The first kappa shape index (κ1) is 17.9. The fourth-order valence-corrected chi connectivity index (χ4v) is 3.48. The molecule has 1 fully saturated rings. The lowest BCUT2D eigenvalue weighted by Crippen LogP contribution is -2.57. The van der Waals surface area contributed by atoms with Gasteiger partial charge in [0, 0.05) is 38.9 Å². The summed E-state index contributed by atoms with van der Waals surface area (Å²) in [5, 5.41) is 3.52. The second-order valence-electron chi connectivity index (χ2n) is 6.90. The maximum absolute atomic E-state index is 5.37. The highest BCUT2D eigenvalue weighted by Crippen LogP contribution is 2.38. The molecule has 1 aliphatic rings. The van der Waals surface area contributed by atoms with Gasteiger partial charge in [-0.05, 0) is 38.6 Å². The summed E-state index contributed by atoms with van der Waals surface area (Å²) < 4.78 is 10.7. The molecule has 1 aliphatic carbocycles. The molecule has 0 bridgehead atoms. The van der Waals surface area contributed by atoms with Gasteiger partial charge in [-0.3, -0.25) is 4.90 Å². The van der Waals surface area contributed by atoms with Crippen molar-refractivity contribution in [3.63, 3.8) is 0 Å². The molecule has 1 rings (SSSR count). The third-order valence-electron chi connectivity index (χ3n) is 4.68. The molecular formula is C16H34N2O2. The molecule has 0 aromatic carbocycles. The number of nitrogens with zero attached hydrogens (tertiary/aromatic N) is 1. The maximum atomic E-state index is 5.37. The first-order valence-electron chi connectivity index (χ1n) is 7.86. The third kappa shape index (κ3) is 4.99. The zero-order valence-corrected chi connectivity index (χ0v) is 14.2. The second kappa shape index (κ2) is 8.32. The molecule has 0 aliphatic heterocycles. The summed E-state index contributed by atoms with van der Waals surface area (Å²) in [7, 11) is 5.65. The smallest absolute Gasteiger partial charge is 0.0615 e. The molecule has 3 atom stereocenters. The van der Waals surface area contributed by atoms with Crippen LogP contribution < -0.4 is 5.32 Å². The minimum atomic E-state index is 0.421. The lowest BCUT2D eigenvalue weighted by atomic mass is 9.72. The first-order valence-corrected chi connectivity index (χ1v) is 7.86. The average molecular weight is 286 g/mol. The van der Waals surface area contributed by atoms with Crippen LogP contribution in [0.3, 0.4) is 0 Å². The summed E-state index contributed by atoms with van der Waals surface area (Å²) in [5.41, 5.74) is 0.427. The SMILES string of the molecule is CNC1CCC(C)(C)CC1N(CCOC)C(C)COC. The highest BCUT2D eigenvalue weighted by atomic mass is 16.5. The Kier molecular flexibility index (Phi) is 7.45. The largest absolute Gasteiger partial charge is 0.383 e. The maximum Gasteiger partial charge on any atom is 0.0615 e. The van der Waals surface area contributed by atoms with Gasteiger partial charge in [-0.1, -0.05) is 13.8 Å². The van der Waals surface area contributed by atoms with Crippen LogP contribution >= 0.6 is 0 Å². The van der Waals surface area contributed by atoms with E-state index in [2.05, 4.69) is 38.0 Å². The minimum absolute atomic E-state index is 0.421. The standard InChI is InChI=1S/C16H34N2O2/c1-13(12-20-6)18(9-10-19-5)15-11-16(2,3)8-7-14(15)17-4/h13-15,17H,7-12H2,1-6H3. The van der Waals surface area contributed by atoms with Crippen molar-refractivity contribution < 1.29 is 9.47 Å². The van der Waals surface area contributed by atoms with Crippen LogP contribution in [0.4, 0.5) is 0 Å². The molecule has 1 N–H and O–H groups in total. The molecule has 1 saturated carbocycles. The van der Waals surface area contributed by atoms with Gasteiger partial charge in [0.05, 0.1) is 13.2 Å². The molecule has 0 spiro atoms. The van der Waals surface area contributed by atoms with Crippen molar-refractivity contribution in [1.82, 2.24) is 10.2 Å². The fraction of sp³-hybridized carbons (Fsp3) is 1.00. The van der Waals surface area contributed by atoms with Gasteiger partial charge in [-0.15, -0.1) is 0 Å². The van der Waals surface area contributed by atoms with Gasteiger partial charge in [-0.2, -0.15) is 0 Å². The normalized spacial score (nSPS) is 27.8. The van der Waals surface area contributed by atoms with Crippen molar-refractivity contribution in [3.05, 3.63) is 0 Å². The number of hydrogen-bond acceptors (Lipinski definition) is 4. The molecule has 0 saturated heterocycles. The van der Waals surface area contributed by atoms with E-state index >= 15 is 0 Å². The Balaban J connectivity index is 2.82. The van der Waals surface area contributed by atoms with Gasteiger partial charge in [0.1, 0.15) is 0 Å². The molecular weight excluding hydrogens is 252 g/mol. The van der Waals surface area contributed by atoms with E-state index in [1.165, 1.54) is 19.3 Å². The number of methoxy groups -OCH3 is 2. The zero-order valence-electron chi connectivity index (χ0n) is 14.2. The predicted octanol–water partition coefficient (Wildman–Crippen LogP) is 2.14. The van der Waals surface area contributed by atoms with Crippen molar-refractivity contribution in [2.45, 2.75) is 58.2 Å². The summed E-state index contributed by atoms with van der Waals surface area (Å²) >= 11 is 0. The quantitative estimate of drug-likeness (QED) is 0.741. The van der Waals surface area contributed by atoms with Crippen molar-refractivity contribution in [2.75, 3.05) is 41.0 Å². The predicted molar refractivity (Wildman–Crippen MR) is 84.2 cm³/mol. The molecule has 120 valence electrons. The Morgan fingerprint density at radius 3 is 2.55 bits per heavy atom. The highest BCUT2D eigenvalue weighted by molar-refractivity contribution is 4.95. The van der Waals surface area contributed by atoms with Crippen LogP contribution in [0.1, 0.15) is 40.0 Å². The van der Waals surface area contributed by atoms with Gasteiger partial charge < -0.3 is 14.8 Å². The summed E-state index contributed by atoms with van der Waals surface area (Å²) in [6.45, 7) is 9.56. The molecule has 4 nitrogen and oxygen atoms in total. The Morgan fingerprint density at radius 2 is 2.00 bits per heavy atom. The van der Waals surface area contributed by atoms with Gasteiger partial charge in [-0.25, -0.2) is 0 Å². The first-order chi connectivity index (χ1) is 9.45. The number of hydrogen-bond donors (Lipinski definition) is 1. The van der Waals surface area contributed by atoms with Crippen LogP contribution in [0.2, 0.25) is 0 Å². The van der Waals surface area contributed by atoms with E-state index < -0.39 is 0 Å². The van der Waals surface area contributed by atoms with E-state index in [9.17, 15) is 0 Å². The Morgan fingerprint density at radius 1 is 1.30 bits per heavy atom. The summed E-state index contributed by atoms with van der Waals surface area (Å²) in [5.74, 6) is 0. The zero-order chi connectivity index (χ0) is 15.2. The summed E-state index contributed by atoms with van der Waals surface area (Å²) in [6, 6.07) is 1.55. The highest BCUT2D eigenvalue weighted by Gasteiger charge is 2.38. The molecule has 3 unspecified atom stereocenters. The number of nitrogens with one attached hydrogen (secondary N) is 1. The van der Waals surface area contributed by atoms with E-state index in [1.54, 1.807) is 14.2 Å². The van der Waals surface area contributed by atoms with Gasteiger partial charge in [0.25, 0.3) is 0 Å². The van der Waals surface area contributed by atoms with Crippen LogP contribution in [0, 0.1) is 5.41 Å². The van der Waals surface area contributed by atoms with Crippen molar-refractivity contribution >= 4 is 0 Å². The lowest BCUT2D eigenvalue weighted by molar-refractivity contribution is 0.00129. The lowest BCUT2D eigenvalue weighted by Gasteiger charge is -2.47. The van der Waals surface area contributed by atoms with E-state index in [1.807, 2.05) is 0 Å². The number of rotatable bonds is 8. The third-order valence-corrected chi connectivity index (χ3v) is 4.68. The van der Waals surface area contributed by atoms with E-state index in [4.69, 9.17) is 9.47 Å². The van der Waals surface area contributed by atoms with Crippen LogP contribution in [-0.4, -0.2) is 64.1 Å². The molecule has 0 aromatic rings. The van der Waals surface area contributed by atoms with Crippen molar-refractivity contribution in [2.24, 2.45) is 5.41 Å². The van der Waals surface area contributed by atoms with Crippen LogP contribution in [0.5, 0.6) is 0 Å². The summed E-state index contributed by atoms with van der Waals surface area (Å²) in [6.07, 6.45) is 3.78. The van der Waals surface area contributed by atoms with Crippen molar-refractivity contribution in [1.29, 1.82) is 0 Å². The monoisotopic (exact) mass is 286 g/mol. The van der Waals surface area contributed by atoms with E-state index in [0.29, 0.717) is 23.5 Å². The molecule has 0 radical (unpaired) electrons. The molecule has 0 heterocycles. The molecule has 20 heavy (non-hydrogen) atoms. The van der Waals surface area contributed by atoms with E-state index in [0.717, 1.165) is 19.8 Å². The average Bonchev–Trinajstić information content (AvgIpc) is 2.39. The Labute approximate surface area is 125 Å². The molecule has 0 amide bonds. The van der Waals surface area contributed by atoms with Gasteiger partial charge >= 0.3 is 0 Å².